The maximum Gasteiger partial charge on any atom is 0.334 e. The highest BCUT2D eigenvalue weighted by atomic mass is 16.5. The van der Waals surface area contributed by atoms with Crippen molar-refractivity contribution in [1.29, 1.82) is 0 Å². The normalized spacial score (nSPS) is 12.0. The molecule has 110 valence electrons. The van der Waals surface area contributed by atoms with E-state index in [1.54, 1.807) is 0 Å². The molecule has 0 saturated carbocycles. The van der Waals surface area contributed by atoms with Crippen molar-refractivity contribution in [2.75, 3.05) is 13.7 Å². The van der Waals surface area contributed by atoms with Crippen LogP contribution in [-0.4, -0.2) is 36.7 Å². The molecule has 1 atom stereocenters. The van der Waals surface area contributed by atoms with E-state index in [2.05, 4.69) is 5.32 Å². The third-order valence-corrected chi connectivity index (χ3v) is 3.22. The quantitative estimate of drug-likeness (QED) is 0.846. The van der Waals surface area contributed by atoms with E-state index in [4.69, 9.17) is 9.84 Å². The maximum atomic E-state index is 11.8. The molecule has 0 heterocycles. The summed E-state index contributed by atoms with van der Waals surface area (Å²) in [5.41, 5.74) is 0.885. The second-order valence-corrected chi connectivity index (χ2v) is 4.72. The van der Waals surface area contributed by atoms with Crippen molar-refractivity contribution in [3.8, 4) is 0 Å². The number of rotatable bonds is 6. The largest absolute Gasteiger partial charge is 0.479 e. The first-order valence-electron chi connectivity index (χ1n) is 6.60. The number of carbonyl (C=O) groups is 2. The summed E-state index contributed by atoms with van der Waals surface area (Å²) in [4.78, 5) is 22.6. The molecule has 1 amide bonds. The summed E-state index contributed by atoms with van der Waals surface area (Å²) in [7, 11) is 1.30. The summed E-state index contributed by atoms with van der Waals surface area (Å²) in [6, 6.07) is 13.7. The van der Waals surface area contributed by atoms with Gasteiger partial charge in [-0.05, 0) is 16.3 Å². The molecule has 5 heteroatoms. The Balaban J connectivity index is 1.96. The van der Waals surface area contributed by atoms with Gasteiger partial charge in [0.15, 0.2) is 6.10 Å². The molecule has 2 rings (SSSR count). The van der Waals surface area contributed by atoms with Crippen LogP contribution in [0.3, 0.4) is 0 Å². The lowest BCUT2D eigenvalue weighted by Crippen LogP contribution is -2.38. The lowest BCUT2D eigenvalue weighted by Gasteiger charge is -2.11. The maximum absolute atomic E-state index is 11.8. The summed E-state index contributed by atoms with van der Waals surface area (Å²) in [6.45, 7) is -0.0434. The molecule has 2 aromatic carbocycles. The van der Waals surface area contributed by atoms with Gasteiger partial charge in [-0.3, -0.25) is 4.79 Å². The molecule has 0 spiro atoms. The third-order valence-electron chi connectivity index (χ3n) is 3.22. The number of carboxylic acids is 1. The van der Waals surface area contributed by atoms with Crippen molar-refractivity contribution in [1.82, 2.24) is 5.32 Å². The van der Waals surface area contributed by atoms with E-state index in [9.17, 15) is 9.59 Å². The summed E-state index contributed by atoms with van der Waals surface area (Å²) < 4.78 is 4.76. The number of methoxy groups -OCH3 is 1. The Morgan fingerprint density at radius 2 is 1.90 bits per heavy atom. The van der Waals surface area contributed by atoms with Crippen LogP contribution in [0.1, 0.15) is 5.56 Å². The Morgan fingerprint density at radius 3 is 2.57 bits per heavy atom. The first-order valence-corrected chi connectivity index (χ1v) is 6.60. The Labute approximate surface area is 122 Å². The van der Waals surface area contributed by atoms with Crippen molar-refractivity contribution in [3.63, 3.8) is 0 Å². The number of amides is 1. The molecule has 0 saturated heterocycles. The Kier molecular flexibility index (Phi) is 4.90. The van der Waals surface area contributed by atoms with E-state index in [1.165, 1.54) is 7.11 Å². The van der Waals surface area contributed by atoms with E-state index < -0.39 is 12.1 Å². The van der Waals surface area contributed by atoms with E-state index in [0.717, 1.165) is 16.3 Å². The minimum absolute atomic E-state index is 0.0434. The average Bonchev–Trinajstić information content (AvgIpc) is 2.47. The number of fused-ring (bicyclic) bond motifs is 1. The zero-order valence-corrected chi connectivity index (χ0v) is 11.7. The van der Waals surface area contributed by atoms with Gasteiger partial charge in [-0.1, -0.05) is 42.5 Å². The van der Waals surface area contributed by atoms with Crippen molar-refractivity contribution < 1.29 is 19.4 Å². The molecule has 0 bridgehead atoms. The van der Waals surface area contributed by atoms with Gasteiger partial charge < -0.3 is 15.2 Å². The lowest BCUT2D eigenvalue weighted by molar-refractivity contribution is -0.148. The topological polar surface area (TPSA) is 75.6 Å². The Hall–Kier alpha value is -2.40. The minimum Gasteiger partial charge on any atom is -0.479 e. The number of benzene rings is 2. The summed E-state index contributed by atoms with van der Waals surface area (Å²) in [6.07, 6.45) is -0.813. The highest BCUT2D eigenvalue weighted by Crippen LogP contribution is 2.15. The molecule has 0 aliphatic heterocycles. The van der Waals surface area contributed by atoms with Crippen LogP contribution in [-0.2, 0) is 20.7 Å². The van der Waals surface area contributed by atoms with Crippen LogP contribution in [0.15, 0.2) is 42.5 Å². The van der Waals surface area contributed by atoms with E-state index in [1.807, 2.05) is 42.5 Å². The van der Waals surface area contributed by atoms with Crippen LogP contribution in [0.4, 0.5) is 0 Å². The van der Waals surface area contributed by atoms with Gasteiger partial charge in [0.1, 0.15) is 0 Å². The van der Waals surface area contributed by atoms with Gasteiger partial charge in [-0.15, -0.1) is 0 Å². The molecule has 0 aromatic heterocycles. The number of hydrogen-bond donors (Lipinski definition) is 2. The molecule has 0 aliphatic carbocycles. The molecule has 0 aliphatic rings. The molecule has 0 radical (unpaired) electrons. The van der Waals surface area contributed by atoms with Gasteiger partial charge in [0.2, 0.25) is 5.91 Å². The van der Waals surface area contributed by atoms with Gasteiger partial charge in [-0.25, -0.2) is 4.79 Å². The second-order valence-electron chi connectivity index (χ2n) is 4.72. The summed E-state index contributed by atoms with van der Waals surface area (Å²) in [5, 5.41) is 13.6. The van der Waals surface area contributed by atoms with Gasteiger partial charge in [0.25, 0.3) is 0 Å². The smallest absolute Gasteiger partial charge is 0.334 e. The fourth-order valence-corrected chi connectivity index (χ4v) is 2.07. The van der Waals surface area contributed by atoms with Gasteiger partial charge in [0, 0.05) is 7.11 Å². The molecule has 2 N–H and O–H groups in total. The first kappa shape index (κ1) is 15.0. The zero-order valence-electron chi connectivity index (χ0n) is 11.7. The molecular weight excluding hydrogens is 270 g/mol. The SMILES string of the molecule is COC(CNC(=O)Cc1ccc2ccccc2c1)C(=O)O. The van der Waals surface area contributed by atoms with E-state index in [0.29, 0.717) is 0 Å². The molecular formula is C16H17NO4. The molecule has 0 fully saturated rings. The standard InChI is InChI=1S/C16H17NO4/c1-21-14(16(19)20)10-17-15(18)9-11-6-7-12-4-2-3-5-13(12)8-11/h2-8,14H,9-10H2,1H3,(H,17,18)(H,19,20). The van der Waals surface area contributed by atoms with Gasteiger partial charge in [-0.2, -0.15) is 0 Å². The molecule has 2 aromatic rings. The highest BCUT2D eigenvalue weighted by molar-refractivity contribution is 5.85. The molecule has 5 nitrogen and oxygen atoms in total. The van der Waals surface area contributed by atoms with Crippen molar-refractivity contribution in [3.05, 3.63) is 48.0 Å². The van der Waals surface area contributed by atoms with E-state index >= 15 is 0 Å². The van der Waals surface area contributed by atoms with Crippen molar-refractivity contribution in [2.45, 2.75) is 12.5 Å². The molecule has 21 heavy (non-hydrogen) atoms. The lowest BCUT2D eigenvalue weighted by atomic mass is 10.0. The third kappa shape index (κ3) is 4.03. The number of carbonyl (C=O) groups excluding carboxylic acids is 1. The monoisotopic (exact) mass is 287 g/mol. The van der Waals surface area contributed by atoms with Crippen LogP contribution < -0.4 is 5.32 Å². The number of aliphatic carboxylic acids is 1. The number of hydrogen-bond acceptors (Lipinski definition) is 3. The average molecular weight is 287 g/mol. The second kappa shape index (κ2) is 6.85. The first-order chi connectivity index (χ1) is 10.1. The fraction of sp³-hybridized carbons (Fsp3) is 0.250. The van der Waals surface area contributed by atoms with Crippen molar-refractivity contribution >= 4 is 22.6 Å². The summed E-state index contributed by atoms with van der Waals surface area (Å²) >= 11 is 0. The number of carboxylic acid groups (broad SMARTS) is 1. The van der Waals surface area contributed by atoms with Crippen LogP contribution in [0.2, 0.25) is 0 Å². The van der Waals surface area contributed by atoms with Crippen LogP contribution in [0.5, 0.6) is 0 Å². The summed E-state index contributed by atoms with van der Waals surface area (Å²) in [5.74, 6) is -1.32. The van der Waals surface area contributed by atoms with Crippen molar-refractivity contribution in [2.24, 2.45) is 0 Å². The Bertz CT molecular complexity index is 654. The van der Waals surface area contributed by atoms with Gasteiger partial charge >= 0.3 is 5.97 Å². The number of nitrogens with one attached hydrogen (secondary N) is 1. The predicted molar refractivity (Wildman–Crippen MR) is 79.1 cm³/mol. The van der Waals surface area contributed by atoms with Crippen LogP contribution in [0, 0.1) is 0 Å². The highest BCUT2D eigenvalue weighted by Gasteiger charge is 2.17. The zero-order chi connectivity index (χ0) is 15.2. The van der Waals surface area contributed by atoms with Gasteiger partial charge in [0.05, 0.1) is 13.0 Å². The minimum atomic E-state index is -1.09. The van der Waals surface area contributed by atoms with Crippen LogP contribution in [0.25, 0.3) is 10.8 Å². The van der Waals surface area contributed by atoms with E-state index in [-0.39, 0.29) is 18.9 Å². The van der Waals surface area contributed by atoms with Crippen LogP contribution >= 0.6 is 0 Å². The Morgan fingerprint density at radius 1 is 1.19 bits per heavy atom. The predicted octanol–water partition coefficient (Wildman–Crippen LogP) is 1.60. The number of ether oxygens (including phenoxy) is 1. The molecule has 1 unspecified atom stereocenters. The fourth-order valence-electron chi connectivity index (χ4n) is 2.07.